The summed E-state index contributed by atoms with van der Waals surface area (Å²) in [5.74, 6) is 1.76. The van der Waals surface area contributed by atoms with Gasteiger partial charge in [-0.25, -0.2) is 0 Å². The number of carbonyl (C=O) groups is 1. The van der Waals surface area contributed by atoms with Crippen LogP contribution in [0.2, 0.25) is 0 Å². The minimum atomic E-state index is -0.0958. The summed E-state index contributed by atoms with van der Waals surface area (Å²) in [6, 6.07) is -0.0958. The van der Waals surface area contributed by atoms with Gasteiger partial charge in [-0.3, -0.25) is 4.79 Å². The molecule has 2 aliphatic heterocycles. The van der Waals surface area contributed by atoms with E-state index in [-0.39, 0.29) is 17.9 Å². The minimum absolute atomic E-state index is 0.0925. The molecule has 4 nitrogen and oxygen atoms in total. The number of rotatable bonds is 1. The second-order valence-corrected chi connectivity index (χ2v) is 6.19. The molecule has 0 radical (unpaired) electrons. The lowest BCUT2D eigenvalue weighted by molar-refractivity contribution is -0.139. The number of nitrogens with zero attached hydrogens (tertiary/aromatic N) is 1. The van der Waals surface area contributed by atoms with Crippen molar-refractivity contribution in [3.05, 3.63) is 0 Å². The lowest BCUT2D eigenvalue weighted by Crippen LogP contribution is -2.49. The lowest BCUT2D eigenvalue weighted by atomic mass is 9.75. The largest absolute Gasteiger partial charge is 0.379 e. The fraction of sp³-hybridized carbons (Fsp3) is 0.929. The van der Waals surface area contributed by atoms with Gasteiger partial charge in [-0.05, 0) is 24.7 Å². The van der Waals surface area contributed by atoms with Crippen molar-refractivity contribution in [1.82, 2.24) is 4.90 Å². The number of nitrogens with two attached hydrogens (primary N) is 1. The Morgan fingerprint density at radius 2 is 1.89 bits per heavy atom. The van der Waals surface area contributed by atoms with Crippen LogP contribution in [0.25, 0.3) is 0 Å². The zero-order valence-corrected chi connectivity index (χ0v) is 11.0. The summed E-state index contributed by atoms with van der Waals surface area (Å²) in [4.78, 5) is 14.5. The maximum Gasteiger partial charge on any atom is 0.229 e. The van der Waals surface area contributed by atoms with Gasteiger partial charge in [0.1, 0.15) is 0 Å². The zero-order valence-electron chi connectivity index (χ0n) is 11.0. The fourth-order valence-corrected chi connectivity index (χ4v) is 3.86. The SMILES string of the molecule is NC1COCC1C(=O)N1CCC2CCCCC2C1. The van der Waals surface area contributed by atoms with Gasteiger partial charge in [0, 0.05) is 19.1 Å². The molecule has 2 saturated heterocycles. The van der Waals surface area contributed by atoms with Gasteiger partial charge in [0.25, 0.3) is 0 Å². The molecule has 4 atom stereocenters. The van der Waals surface area contributed by atoms with Gasteiger partial charge in [-0.15, -0.1) is 0 Å². The van der Waals surface area contributed by atoms with Gasteiger partial charge >= 0.3 is 0 Å². The molecule has 0 spiro atoms. The zero-order chi connectivity index (χ0) is 12.5. The molecule has 3 fully saturated rings. The maximum atomic E-state index is 12.5. The average molecular weight is 252 g/mol. The molecule has 0 aromatic carbocycles. The molecule has 3 rings (SSSR count). The number of fused-ring (bicyclic) bond motifs is 1. The molecule has 0 aromatic heterocycles. The Balaban J connectivity index is 1.61. The van der Waals surface area contributed by atoms with E-state index in [9.17, 15) is 4.79 Å². The van der Waals surface area contributed by atoms with E-state index < -0.39 is 0 Å². The highest BCUT2D eigenvalue weighted by atomic mass is 16.5. The molecule has 1 saturated carbocycles. The van der Waals surface area contributed by atoms with Gasteiger partial charge < -0.3 is 15.4 Å². The Kier molecular flexibility index (Phi) is 3.57. The third-order valence-electron chi connectivity index (χ3n) is 5.04. The van der Waals surface area contributed by atoms with Crippen molar-refractivity contribution in [2.45, 2.75) is 38.1 Å². The first-order valence-corrected chi connectivity index (χ1v) is 7.38. The Morgan fingerprint density at radius 3 is 2.61 bits per heavy atom. The Hall–Kier alpha value is -0.610. The summed E-state index contributed by atoms with van der Waals surface area (Å²) >= 11 is 0. The molecule has 4 unspecified atom stereocenters. The number of ether oxygens (including phenoxy) is 1. The Labute approximate surface area is 109 Å². The van der Waals surface area contributed by atoms with Crippen molar-refractivity contribution < 1.29 is 9.53 Å². The van der Waals surface area contributed by atoms with Crippen molar-refractivity contribution in [2.24, 2.45) is 23.5 Å². The van der Waals surface area contributed by atoms with Crippen molar-refractivity contribution in [2.75, 3.05) is 26.3 Å². The minimum Gasteiger partial charge on any atom is -0.379 e. The van der Waals surface area contributed by atoms with E-state index >= 15 is 0 Å². The van der Waals surface area contributed by atoms with Crippen molar-refractivity contribution in [3.8, 4) is 0 Å². The van der Waals surface area contributed by atoms with E-state index in [2.05, 4.69) is 4.90 Å². The molecule has 102 valence electrons. The topological polar surface area (TPSA) is 55.6 Å². The molecule has 0 aromatic rings. The molecular formula is C14H24N2O2. The summed E-state index contributed by atoms with van der Waals surface area (Å²) in [5.41, 5.74) is 5.95. The predicted octanol–water partition coefficient (Wildman–Crippen LogP) is 0.999. The van der Waals surface area contributed by atoms with Crippen LogP contribution in [0.1, 0.15) is 32.1 Å². The van der Waals surface area contributed by atoms with E-state index in [0.29, 0.717) is 13.2 Å². The number of carbonyl (C=O) groups excluding carboxylic acids is 1. The Bertz CT molecular complexity index is 321. The summed E-state index contributed by atoms with van der Waals surface area (Å²) in [6.07, 6.45) is 6.60. The van der Waals surface area contributed by atoms with Crippen molar-refractivity contribution in [1.29, 1.82) is 0 Å². The molecule has 2 N–H and O–H groups in total. The van der Waals surface area contributed by atoms with Crippen LogP contribution in [0.3, 0.4) is 0 Å². The molecule has 1 amide bonds. The fourth-order valence-electron chi connectivity index (χ4n) is 3.86. The number of hydrogen-bond donors (Lipinski definition) is 1. The van der Waals surface area contributed by atoms with E-state index in [0.717, 1.165) is 24.9 Å². The molecule has 18 heavy (non-hydrogen) atoms. The summed E-state index contributed by atoms with van der Waals surface area (Å²) in [5, 5.41) is 0. The summed E-state index contributed by atoms with van der Waals surface area (Å²) < 4.78 is 5.32. The highest BCUT2D eigenvalue weighted by Crippen LogP contribution is 2.36. The monoisotopic (exact) mass is 252 g/mol. The third kappa shape index (κ3) is 2.28. The normalized spacial score (nSPS) is 40.6. The highest BCUT2D eigenvalue weighted by molar-refractivity contribution is 5.80. The standard InChI is InChI=1S/C14H24N2O2/c15-13-9-18-8-12(13)14(17)16-6-5-10-3-1-2-4-11(10)7-16/h10-13H,1-9,15H2. The maximum absolute atomic E-state index is 12.5. The van der Waals surface area contributed by atoms with Crippen LogP contribution in [-0.2, 0) is 9.53 Å². The van der Waals surface area contributed by atoms with Crippen LogP contribution in [0, 0.1) is 17.8 Å². The van der Waals surface area contributed by atoms with Crippen LogP contribution in [0.15, 0.2) is 0 Å². The molecule has 4 heteroatoms. The molecular weight excluding hydrogens is 228 g/mol. The second-order valence-electron chi connectivity index (χ2n) is 6.19. The summed E-state index contributed by atoms with van der Waals surface area (Å²) in [7, 11) is 0. The smallest absolute Gasteiger partial charge is 0.229 e. The quantitative estimate of drug-likeness (QED) is 0.757. The lowest BCUT2D eigenvalue weighted by Gasteiger charge is -2.42. The van der Waals surface area contributed by atoms with Gasteiger partial charge in [0.15, 0.2) is 0 Å². The van der Waals surface area contributed by atoms with Gasteiger partial charge in [-0.2, -0.15) is 0 Å². The van der Waals surface area contributed by atoms with Crippen LogP contribution >= 0.6 is 0 Å². The molecule has 3 aliphatic rings. The van der Waals surface area contributed by atoms with Crippen molar-refractivity contribution in [3.63, 3.8) is 0 Å². The third-order valence-corrected chi connectivity index (χ3v) is 5.04. The average Bonchev–Trinajstić information content (AvgIpc) is 2.83. The van der Waals surface area contributed by atoms with Gasteiger partial charge in [0.2, 0.25) is 5.91 Å². The molecule has 2 heterocycles. The van der Waals surface area contributed by atoms with Crippen LogP contribution in [0.4, 0.5) is 0 Å². The Morgan fingerprint density at radius 1 is 1.11 bits per heavy atom. The second kappa shape index (κ2) is 5.17. The first-order chi connectivity index (χ1) is 8.75. The van der Waals surface area contributed by atoms with Crippen LogP contribution in [0.5, 0.6) is 0 Å². The van der Waals surface area contributed by atoms with E-state index in [1.807, 2.05) is 0 Å². The number of hydrogen-bond acceptors (Lipinski definition) is 3. The van der Waals surface area contributed by atoms with Crippen LogP contribution < -0.4 is 5.73 Å². The predicted molar refractivity (Wildman–Crippen MR) is 68.9 cm³/mol. The molecule has 1 aliphatic carbocycles. The number of amides is 1. The van der Waals surface area contributed by atoms with Crippen molar-refractivity contribution >= 4 is 5.91 Å². The molecule has 0 bridgehead atoms. The number of likely N-dealkylation sites (tertiary alicyclic amines) is 1. The van der Waals surface area contributed by atoms with Gasteiger partial charge in [0.05, 0.1) is 19.1 Å². The van der Waals surface area contributed by atoms with E-state index in [1.165, 1.54) is 32.1 Å². The first-order valence-electron chi connectivity index (χ1n) is 7.38. The van der Waals surface area contributed by atoms with E-state index in [4.69, 9.17) is 10.5 Å². The first kappa shape index (κ1) is 12.4. The highest BCUT2D eigenvalue weighted by Gasteiger charge is 2.38. The van der Waals surface area contributed by atoms with E-state index in [1.54, 1.807) is 0 Å². The number of piperidine rings is 1. The summed E-state index contributed by atoms with van der Waals surface area (Å²) in [6.45, 7) is 2.96. The van der Waals surface area contributed by atoms with Crippen LogP contribution in [-0.4, -0.2) is 43.2 Å². The van der Waals surface area contributed by atoms with Gasteiger partial charge in [-0.1, -0.05) is 19.3 Å².